The molecule has 0 atom stereocenters. The second-order valence-electron chi connectivity index (χ2n) is 4.06. The van der Waals surface area contributed by atoms with Crippen molar-refractivity contribution in [3.05, 3.63) is 41.7 Å². The van der Waals surface area contributed by atoms with E-state index < -0.39 is 0 Å². The number of H-pyrrole nitrogens is 1. The zero-order chi connectivity index (χ0) is 15.2. The Morgan fingerprint density at radius 1 is 1.33 bits per heavy atom. The molecule has 0 unspecified atom stereocenters. The van der Waals surface area contributed by atoms with Crippen molar-refractivity contribution in [2.45, 2.75) is 0 Å². The van der Waals surface area contributed by atoms with Crippen LogP contribution in [0.5, 0.6) is 17.2 Å². The lowest BCUT2D eigenvalue weighted by atomic mass is 10.2. The van der Waals surface area contributed by atoms with Crippen LogP contribution in [-0.2, 0) is 0 Å². The summed E-state index contributed by atoms with van der Waals surface area (Å²) >= 11 is 0. The third-order valence-corrected chi connectivity index (χ3v) is 2.72. The van der Waals surface area contributed by atoms with E-state index in [2.05, 4.69) is 15.5 Å². The quantitative estimate of drug-likeness (QED) is 0.574. The minimum absolute atomic E-state index is 0.0902. The fraction of sp³-hybridized carbons (Fsp3) is 0.143. The molecule has 0 radical (unpaired) electrons. The molecule has 0 saturated carbocycles. The van der Waals surface area contributed by atoms with E-state index in [1.54, 1.807) is 30.5 Å². The first-order chi connectivity index (χ1) is 10.2. The molecule has 2 aromatic rings. The van der Waals surface area contributed by atoms with Crippen LogP contribution in [0.3, 0.4) is 0 Å². The number of amides is 1. The number of hydrazone groups is 1. The highest BCUT2D eigenvalue weighted by atomic mass is 16.5. The molecular weight excluding hydrogens is 274 g/mol. The normalized spacial score (nSPS) is 10.6. The molecule has 0 aliphatic heterocycles. The second-order valence-corrected chi connectivity index (χ2v) is 4.06. The number of nitrogens with one attached hydrogen (secondary N) is 2. The standard InChI is InChI=1S/C14H15N3O4/c1-20-11-6-9(7-12(21-2)13(11)18)8-16-17-14(19)10-4-3-5-15-10/h3-8,15,18H,1-2H3,(H,17,19)/b16-8+. The minimum atomic E-state index is -0.353. The van der Waals surface area contributed by atoms with Crippen molar-refractivity contribution in [2.24, 2.45) is 5.10 Å². The summed E-state index contributed by atoms with van der Waals surface area (Å²) in [5.74, 6) is 0.0690. The molecule has 21 heavy (non-hydrogen) atoms. The fourth-order valence-corrected chi connectivity index (χ4v) is 1.69. The Morgan fingerprint density at radius 2 is 2.00 bits per heavy atom. The van der Waals surface area contributed by atoms with E-state index in [1.165, 1.54) is 20.4 Å². The van der Waals surface area contributed by atoms with Gasteiger partial charge < -0.3 is 19.6 Å². The van der Waals surface area contributed by atoms with Gasteiger partial charge in [-0.3, -0.25) is 4.79 Å². The van der Waals surface area contributed by atoms with E-state index in [-0.39, 0.29) is 23.2 Å². The number of aromatic nitrogens is 1. The van der Waals surface area contributed by atoms with Crippen molar-refractivity contribution in [1.29, 1.82) is 0 Å². The maximum atomic E-state index is 11.7. The van der Waals surface area contributed by atoms with Gasteiger partial charge in [0.2, 0.25) is 5.75 Å². The van der Waals surface area contributed by atoms with Gasteiger partial charge in [-0.15, -0.1) is 0 Å². The number of hydrogen-bond acceptors (Lipinski definition) is 5. The van der Waals surface area contributed by atoms with E-state index in [0.29, 0.717) is 11.3 Å². The van der Waals surface area contributed by atoms with Crippen LogP contribution in [0.1, 0.15) is 16.1 Å². The summed E-state index contributed by atoms with van der Waals surface area (Å²) in [4.78, 5) is 14.4. The Morgan fingerprint density at radius 3 is 2.52 bits per heavy atom. The van der Waals surface area contributed by atoms with E-state index in [0.717, 1.165) is 0 Å². The monoisotopic (exact) mass is 289 g/mol. The number of hydrogen-bond donors (Lipinski definition) is 3. The molecule has 1 aromatic carbocycles. The number of rotatable bonds is 5. The predicted molar refractivity (Wildman–Crippen MR) is 77.1 cm³/mol. The van der Waals surface area contributed by atoms with Gasteiger partial charge in [-0.25, -0.2) is 5.43 Å². The predicted octanol–water partition coefficient (Wildman–Crippen LogP) is 1.50. The van der Waals surface area contributed by atoms with Gasteiger partial charge in [-0.2, -0.15) is 5.10 Å². The van der Waals surface area contributed by atoms with Crippen LogP contribution in [0.2, 0.25) is 0 Å². The van der Waals surface area contributed by atoms with Gasteiger partial charge >= 0.3 is 0 Å². The summed E-state index contributed by atoms with van der Waals surface area (Å²) in [7, 11) is 2.87. The van der Waals surface area contributed by atoms with Crippen LogP contribution in [0.15, 0.2) is 35.6 Å². The number of benzene rings is 1. The SMILES string of the molecule is COc1cc(/C=N/NC(=O)c2ccc[nH]2)cc(OC)c1O. The maximum Gasteiger partial charge on any atom is 0.287 e. The summed E-state index contributed by atoms with van der Waals surface area (Å²) in [5, 5.41) is 13.6. The molecule has 0 aliphatic rings. The van der Waals surface area contributed by atoms with E-state index >= 15 is 0 Å². The lowest BCUT2D eigenvalue weighted by Crippen LogP contribution is -2.17. The molecule has 0 fully saturated rings. The molecule has 0 bridgehead atoms. The van der Waals surface area contributed by atoms with E-state index in [9.17, 15) is 9.90 Å². The van der Waals surface area contributed by atoms with Gasteiger partial charge in [0.15, 0.2) is 11.5 Å². The van der Waals surface area contributed by atoms with E-state index in [4.69, 9.17) is 9.47 Å². The average Bonchev–Trinajstić information content (AvgIpc) is 3.02. The number of carbonyl (C=O) groups is 1. The van der Waals surface area contributed by atoms with E-state index in [1.807, 2.05) is 0 Å². The molecule has 2 rings (SSSR count). The van der Waals surface area contributed by atoms with Crippen LogP contribution in [0, 0.1) is 0 Å². The molecule has 0 aliphatic carbocycles. The largest absolute Gasteiger partial charge is 0.502 e. The molecule has 7 nitrogen and oxygen atoms in total. The van der Waals surface area contributed by atoms with Crippen molar-refractivity contribution in [3.63, 3.8) is 0 Å². The first-order valence-electron chi connectivity index (χ1n) is 6.07. The zero-order valence-electron chi connectivity index (χ0n) is 11.6. The second kappa shape index (κ2) is 6.47. The summed E-state index contributed by atoms with van der Waals surface area (Å²) < 4.78 is 10.1. The number of methoxy groups -OCH3 is 2. The smallest absolute Gasteiger partial charge is 0.287 e. The molecule has 0 saturated heterocycles. The molecule has 1 aromatic heterocycles. The van der Waals surface area contributed by atoms with Crippen LogP contribution >= 0.6 is 0 Å². The third kappa shape index (κ3) is 3.33. The molecule has 0 spiro atoms. The Kier molecular flexibility index (Phi) is 4.45. The summed E-state index contributed by atoms with van der Waals surface area (Å²) in [6.07, 6.45) is 3.07. The zero-order valence-corrected chi connectivity index (χ0v) is 11.6. The number of ether oxygens (including phenoxy) is 2. The highest BCUT2D eigenvalue weighted by Gasteiger charge is 2.10. The van der Waals surface area contributed by atoms with Crippen molar-refractivity contribution < 1.29 is 19.4 Å². The Labute approximate surface area is 121 Å². The Balaban J connectivity index is 2.12. The first-order valence-corrected chi connectivity index (χ1v) is 6.07. The van der Waals surface area contributed by atoms with Crippen molar-refractivity contribution in [2.75, 3.05) is 14.2 Å². The topological polar surface area (TPSA) is 95.9 Å². The lowest BCUT2D eigenvalue weighted by molar-refractivity contribution is 0.0951. The number of carbonyl (C=O) groups excluding carboxylic acids is 1. The highest BCUT2D eigenvalue weighted by molar-refractivity contribution is 5.93. The number of phenolic OH excluding ortho intramolecular Hbond substituents is 1. The molecule has 110 valence electrons. The van der Waals surface area contributed by atoms with Crippen LogP contribution in [0.25, 0.3) is 0 Å². The minimum Gasteiger partial charge on any atom is -0.502 e. The van der Waals surface area contributed by atoms with Crippen molar-refractivity contribution in [1.82, 2.24) is 10.4 Å². The van der Waals surface area contributed by atoms with Crippen LogP contribution < -0.4 is 14.9 Å². The summed E-state index contributed by atoms with van der Waals surface area (Å²) in [6.45, 7) is 0. The first kappa shape index (κ1) is 14.4. The van der Waals surface area contributed by atoms with Crippen LogP contribution in [-0.4, -0.2) is 36.4 Å². The van der Waals surface area contributed by atoms with Crippen LogP contribution in [0.4, 0.5) is 0 Å². The third-order valence-electron chi connectivity index (χ3n) is 2.72. The van der Waals surface area contributed by atoms with Gasteiger partial charge in [0, 0.05) is 11.8 Å². The Bertz CT molecular complexity index is 625. The molecule has 7 heteroatoms. The van der Waals surface area contributed by atoms with Gasteiger partial charge in [0.25, 0.3) is 5.91 Å². The van der Waals surface area contributed by atoms with Crippen molar-refractivity contribution >= 4 is 12.1 Å². The summed E-state index contributed by atoms with van der Waals surface area (Å²) in [5.41, 5.74) is 3.39. The molecule has 3 N–H and O–H groups in total. The maximum absolute atomic E-state index is 11.7. The van der Waals surface area contributed by atoms with Gasteiger partial charge in [0.05, 0.1) is 20.4 Å². The molecular formula is C14H15N3O4. The van der Waals surface area contributed by atoms with Gasteiger partial charge in [-0.1, -0.05) is 0 Å². The fourth-order valence-electron chi connectivity index (χ4n) is 1.69. The number of aromatic hydroxyl groups is 1. The number of aromatic amines is 1. The number of phenols is 1. The summed E-state index contributed by atoms with van der Waals surface area (Å²) in [6, 6.07) is 6.50. The number of nitrogens with zero attached hydrogens (tertiary/aromatic N) is 1. The Hall–Kier alpha value is -2.96. The molecule has 1 amide bonds. The lowest BCUT2D eigenvalue weighted by Gasteiger charge is -2.09. The molecule has 1 heterocycles. The van der Waals surface area contributed by atoms with Gasteiger partial charge in [-0.05, 0) is 24.3 Å². The van der Waals surface area contributed by atoms with Crippen molar-refractivity contribution in [3.8, 4) is 17.2 Å². The highest BCUT2D eigenvalue weighted by Crippen LogP contribution is 2.36. The van der Waals surface area contributed by atoms with Gasteiger partial charge in [0.1, 0.15) is 5.69 Å². The average molecular weight is 289 g/mol.